The third kappa shape index (κ3) is 4.46. The van der Waals surface area contributed by atoms with E-state index in [1.807, 2.05) is 0 Å². The first-order valence-corrected chi connectivity index (χ1v) is 10.2. The van der Waals surface area contributed by atoms with Gasteiger partial charge in [0, 0.05) is 18.8 Å². The summed E-state index contributed by atoms with van der Waals surface area (Å²) in [6.07, 6.45) is 2.19. The number of pyridine rings is 1. The second-order valence-corrected chi connectivity index (χ2v) is 8.04. The van der Waals surface area contributed by atoms with Crippen molar-refractivity contribution in [2.24, 2.45) is 5.73 Å². The summed E-state index contributed by atoms with van der Waals surface area (Å²) in [5.41, 5.74) is 5.60. The number of amides is 1. The summed E-state index contributed by atoms with van der Waals surface area (Å²) >= 11 is 0. The number of fused-ring (bicyclic) bond motifs is 1. The van der Waals surface area contributed by atoms with Gasteiger partial charge in [-0.15, -0.1) is 0 Å². The minimum absolute atomic E-state index is 0.0571. The molecule has 0 aliphatic heterocycles. The molecule has 0 fully saturated rings. The van der Waals surface area contributed by atoms with Gasteiger partial charge in [0.2, 0.25) is 5.82 Å². The number of carbonyl (C=O) groups excluding carboxylic acids is 1. The average molecular weight is 423 g/mol. The number of methoxy groups -OCH3 is 1. The number of nitrogens with two attached hydrogens (primary N) is 1. The van der Waals surface area contributed by atoms with Crippen LogP contribution in [0.1, 0.15) is 10.5 Å². The lowest BCUT2D eigenvalue weighted by Gasteiger charge is -2.12. The van der Waals surface area contributed by atoms with Crippen molar-refractivity contribution in [3.63, 3.8) is 0 Å². The molecule has 0 spiro atoms. The molecule has 154 valence electrons. The van der Waals surface area contributed by atoms with E-state index in [2.05, 4.69) is 9.97 Å². The highest BCUT2D eigenvalue weighted by atomic mass is 32.2. The van der Waals surface area contributed by atoms with Gasteiger partial charge < -0.3 is 24.9 Å². The summed E-state index contributed by atoms with van der Waals surface area (Å²) in [5.74, 6) is -1.79. The van der Waals surface area contributed by atoms with Crippen LogP contribution in [-0.4, -0.2) is 50.9 Å². The van der Waals surface area contributed by atoms with Crippen LogP contribution >= 0.6 is 0 Å². The molecule has 1 aromatic carbocycles. The molecule has 0 aliphatic rings. The number of H-pyrrole nitrogens is 1. The van der Waals surface area contributed by atoms with E-state index in [1.165, 1.54) is 31.4 Å². The molecule has 0 saturated heterocycles. The number of hydrogen-bond donors (Lipinski definition) is 2. The van der Waals surface area contributed by atoms with E-state index < -0.39 is 21.6 Å². The first-order chi connectivity index (χ1) is 13.7. The number of hydrogen-bond acceptors (Lipinski definition) is 7. The average Bonchev–Trinajstić information content (AvgIpc) is 3.08. The lowest BCUT2D eigenvalue weighted by atomic mass is 10.2. The Morgan fingerprint density at radius 1 is 1.28 bits per heavy atom. The zero-order valence-electron chi connectivity index (χ0n) is 15.6. The molecule has 9 nitrogen and oxygen atoms in total. The van der Waals surface area contributed by atoms with E-state index >= 15 is 4.39 Å². The number of primary amides is 1. The smallest absolute Gasteiger partial charge is 0.265 e. The van der Waals surface area contributed by atoms with Crippen LogP contribution in [-0.2, 0) is 14.6 Å². The lowest BCUT2D eigenvalue weighted by molar-refractivity contribution is 0.0996. The molecule has 0 saturated carbocycles. The standard InChI is InChI=1S/C18H18FN3O6S/c1-26-5-6-27-17-15(19)13(8-10-7-12(18(20)23)22-16(10)17)28-11-3-4-14(21-9-11)29(2,24)25/h3-4,7-9,22H,5-6H2,1-2H3,(H2,20,23). The van der Waals surface area contributed by atoms with E-state index in [0.717, 1.165) is 12.5 Å². The maximum atomic E-state index is 15.1. The summed E-state index contributed by atoms with van der Waals surface area (Å²) in [7, 11) is -2.00. The van der Waals surface area contributed by atoms with Crippen molar-refractivity contribution in [1.82, 2.24) is 9.97 Å². The third-order valence-corrected chi connectivity index (χ3v) is 4.90. The van der Waals surface area contributed by atoms with Crippen molar-refractivity contribution in [2.75, 3.05) is 26.6 Å². The fourth-order valence-corrected chi connectivity index (χ4v) is 3.10. The first kappa shape index (κ1) is 20.6. The zero-order chi connectivity index (χ0) is 21.2. The van der Waals surface area contributed by atoms with Gasteiger partial charge in [0.1, 0.15) is 18.1 Å². The van der Waals surface area contributed by atoms with E-state index in [0.29, 0.717) is 5.39 Å². The monoisotopic (exact) mass is 423 g/mol. The Kier molecular flexibility index (Phi) is 5.71. The SMILES string of the molecule is COCCOc1c(F)c(Oc2ccc(S(C)(=O)=O)nc2)cc2cc(C(N)=O)[nH]c12. The van der Waals surface area contributed by atoms with Gasteiger partial charge in [-0.3, -0.25) is 4.79 Å². The summed E-state index contributed by atoms with van der Waals surface area (Å²) in [5, 5.41) is 0.296. The van der Waals surface area contributed by atoms with Gasteiger partial charge in [0.05, 0.1) is 18.3 Å². The summed E-state index contributed by atoms with van der Waals surface area (Å²) in [4.78, 5) is 18.0. The second kappa shape index (κ2) is 8.05. The molecule has 1 amide bonds. The predicted molar refractivity (Wildman–Crippen MR) is 102 cm³/mol. The van der Waals surface area contributed by atoms with Gasteiger partial charge >= 0.3 is 0 Å². The van der Waals surface area contributed by atoms with Gasteiger partial charge in [-0.1, -0.05) is 0 Å². The molecular weight excluding hydrogens is 405 g/mol. The minimum Gasteiger partial charge on any atom is -0.486 e. The fraction of sp³-hybridized carbons (Fsp3) is 0.222. The summed E-state index contributed by atoms with van der Waals surface area (Å²) in [6.45, 7) is 0.272. The van der Waals surface area contributed by atoms with Crippen LogP contribution in [0.15, 0.2) is 35.5 Å². The maximum Gasteiger partial charge on any atom is 0.265 e. The molecule has 29 heavy (non-hydrogen) atoms. The number of benzene rings is 1. The Morgan fingerprint density at radius 2 is 2.03 bits per heavy atom. The number of nitrogens with one attached hydrogen (secondary N) is 1. The Hall–Kier alpha value is -3.18. The topological polar surface area (TPSA) is 134 Å². The first-order valence-electron chi connectivity index (χ1n) is 8.31. The molecule has 0 unspecified atom stereocenters. The summed E-state index contributed by atoms with van der Waals surface area (Å²) < 4.78 is 53.9. The zero-order valence-corrected chi connectivity index (χ0v) is 16.4. The number of nitrogens with zero attached hydrogens (tertiary/aromatic N) is 1. The minimum atomic E-state index is -3.47. The number of aromatic nitrogens is 2. The van der Waals surface area contributed by atoms with Crippen LogP contribution in [0.25, 0.3) is 10.9 Å². The van der Waals surface area contributed by atoms with Gasteiger partial charge in [-0.05, 0) is 24.3 Å². The molecule has 0 bridgehead atoms. The molecule has 0 radical (unpaired) electrons. The van der Waals surface area contributed by atoms with Crippen LogP contribution < -0.4 is 15.2 Å². The molecule has 11 heteroatoms. The molecular formula is C18H18FN3O6S. The van der Waals surface area contributed by atoms with Crippen molar-refractivity contribution in [3.05, 3.63) is 42.0 Å². The Morgan fingerprint density at radius 3 is 2.62 bits per heavy atom. The molecule has 3 rings (SSSR count). The van der Waals surface area contributed by atoms with Crippen molar-refractivity contribution in [2.45, 2.75) is 5.03 Å². The normalized spacial score (nSPS) is 11.6. The lowest BCUT2D eigenvalue weighted by Crippen LogP contribution is -2.11. The molecule has 3 aromatic rings. The van der Waals surface area contributed by atoms with Crippen molar-refractivity contribution < 1.29 is 31.8 Å². The third-order valence-electron chi connectivity index (χ3n) is 3.89. The highest BCUT2D eigenvalue weighted by molar-refractivity contribution is 7.90. The van der Waals surface area contributed by atoms with Crippen LogP contribution in [0.3, 0.4) is 0 Å². The van der Waals surface area contributed by atoms with Crippen LogP contribution in [0.5, 0.6) is 17.2 Å². The van der Waals surface area contributed by atoms with Crippen LogP contribution in [0.4, 0.5) is 4.39 Å². The molecule has 0 aliphatic carbocycles. The van der Waals surface area contributed by atoms with E-state index in [-0.39, 0.29) is 46.7 Å². The molecule has 3 N–H and O–H groups in total. The van der Waals surface area contributed by atoms with Crippen molar-refractivity contribution >= 4 is 26.6 Å². The van der Waals surface area contributed by atoms with E-state index in [4.69, 9.17) is 19.9 Å². The number of carbonyl (C=O) groups is 1. The maximum absolute atomic E-state index is 15.1. The van der Waals surface area contributed by atoms with Gasteiger partial charge in [-0.25, -0.2) is 13.4 Å². The van der Waals surface area contributed by atoms with Gasteiger partial charge in [-0.2, -0.15) is 4.39 Å². The molecule has 0 atom stereocenters. The van der Waals surface area contributed by atoms with Crippen molar-refractivity contribution in [1.29, 1.82) is 0 Å². The Bertz CT molecular complexity index is 1160. The van der Waals surface area contributed by atoms with Gasteiger partial charge in [0.25, 0.3) is 5.91 Å². The second-order valence-electron chi connectivity index (χ2n) is 6.08. The Labute approximate surface area is 165 Å². The van der Waals surface area contributed by atoms with Gasteiger partial charge in [0.15, 0.2) is 26.4 Å². The number of halogens is 1. The van der Waals surface area contributed by atoms with Crippen molar-refractivity contribution in [3.8, 4) is 17.2 Å². The predicted octanol–water partition coefficient (Wildman–Crippen LogP) is 2.02. The highest BCUT2D eigenvalue weighted by Crippen LogP contribution is 2.37. The fourth-order valence-electron chi connectivity index (χ4n) is 2.54. The highest BCUT2D eigenvalue weighted by Gasteiger charge is 2.20. The number of rotatable bonds is 8. The molecule has 2 aromatic heterocycles. The Balaban J connectivity index is 2.02. The van der Waals surface area contributed by atoms with Crippen LogP contribution in [0.2, 0.25) is 0 Å². The molecule has 2 heterocycles. The van der Waals surface area contributed by atoms with E-state index in [1.54, 1.807) is 0 Å². The number of sulfone groups is 1. The van der Waals surface area contributed by atoms with E-state index in [9.17, 15) is 13.2 Å². The summed E-state index contributed by atoms with van der Waals surface area (Å²) in [6, 6.07) is 5.41. The largest absolute Gasteiger partial charge is 0.486 e. The number of ether oxygens (including phenoxy) is 3. The van der Waals surface area contributed by atoms with Crippen LogP contribution in [0, 0.1) is 5.82 Å². The number of aromatic amines is 1. The quantitative estimate of drug-likeness (QED) is 0.530.